The number of rotatable bonds is 5. The summed E-state index contributed by atoms with van der Waals surface area (Å²) in [5.74, 6) is 0. The quantitative estimate of drug-likeness (QED) is 0.901. The van der Waals surface area contributed by atoms with Crippen LogP contribution < -0.4 is 5.32 Å². The molecule has 0 bridgehead atoms. The summed E-state index contributed by atoms with van der Waals surface area (Å²) in [6, 6.07) is 0.609. The lowest BCUT2D eigenvalue weighted by Gasteiger charge is -2.29. The van der Waals surface area contributed by atoms with Gasteiger partial charge in [0.2, 0.25) is 0 Å². The van der Waals surface area contributed by atoms with Gasteiger partial charge in [-0.3, -0.25) is 4.68 Å². The summed E-state index contributed by atoms with van der Waals surface area (Å²) in [5, 5.41) is 9.05. The second-order valence-corrected chi connectivity index (χ2v) is 5.71. The first-order valence-electron chi connectivity index (χ1n) is 7.31. The standard InChI is InChI=1S/C14H25ClN4/c1-4-12-14(15)13(19(5-2)17-12)10-16-11-6-8-18(3)9-7-11/h11,16H,4-10H2,1-3H3. The van der Waals surface area contributed by atoms with Gasteiger partial charge in [-0.05, 0) is 46.3 Å². The van der Waals surface area contributed by atoms with E-state index in [1.54, 1.807) is 0 Å². The summed E-state index contributed by atoms with van der Waals surface area (Å²) in [5.41, 5.74) is 2.16. The van der Waals surface area contributed by atoms with Gasteiger partial charge in [0.25, 0.3) is 0 Å². The van der Waals surface area contributed by atoms with Crippen LogP contribution in [-0.4, -0.2) is 40.9 Å². The van der Waals surface area contributed by atoms with Crippen LogP contribution in [0.5, 0.6) is 0 Å². The first kappa shape index (κ1) is 14.8. The number of hydrogen-bond donors (Lipinski definition) is 1. The van der Waals surface area contributed by atoms with E-state index >= 15 is 0 Å². The highest BCUT2D eigenvalue weighted by molar-refractivity contribution is 6.31. The van der Waals surface area contributed by atoms with Crippen LogP contribution in [0.3, 0.4) is 0 Å². The van der Waals surface area contributed by atoms with Crippen molar-refractivity contribution in [1.29, 1.82) is 0 Å². The molecule has 0 atom stereocenters. The lowest BCUT2D eigenvalue weighted by Crippen LogP contribution is -2.40. The number of piperidine rings is 1. The first-order chi connectivity index (χ1) is 9.15. The molecule has 0 aromatic carbocycles. The van der Waals surface area contributed by atoms with E-state index in [9.17, 15) is 0 Å². The van der Waals surface area contributed by atoms with E-state index in [-0.39, 0.29) is 0 Å². The number of hydrogen-bond acceptors (Lipinski definition) is 3. The average molecular weight is 285 g/mol. The molecule has 0 spiro atoms. The summed E-state index contributed by atoms with van der Waals surface area (Å²) >= 11 is 6.42. The minimum Gasteiger partial charge on any atom is -0.308 e. The maximum absolute atomic E-state index is 6.42. The van der Waals surface area contributed by atoms with Gasteiger partial charge < -0.3 is 10.2 Å². The van der Waals surface area contributed by atoms with Crippen molar-refractivity contribution in [3.63, 3.8) is 0 Å². The van der Waals surface area contributed by atoms with Gasteiger partial charge in [-0.2, -0.15) is 5.10 Å². The highest BCUT2D eigenvalue weighted by atomic mass is 35.5. The smallest absolute Gasteiger partial charge is 0.0863 e. The van der Waals surface area contributed by atoms with Crippen LogP contribution in [0.15, 0.2) is 0 Å². The van der Waals surface area contributed by atoms with E-state index < -0.39 is 0 Å². The molecule has 1 saturated heterocycles. The second-order valence-electron chi connectivity index (χ2n) is 5.34. The minimum absolute atomic E-state index is 0.609. The van der Waals surface area contributed by atoms with Gasteiger partial charge in [0, 0.05) is 19.1 Å². The van der Waals surface area contributed by atoms with Crippen LogP contribution in [0.25, 0.3) is 0 Å². The molecule has 1 aromatic heterocycles. The van der Waals surface area contributed by atoms with E-state index in [4.69, 9.17) is 11.6 Å². The third-order valence-electron chi connectivity index (χ3n) is 3.97. The van der Waals surface area contributed by atoms with Crippen molar-refractivity contribution >= 4 is 11.6 Å². The predicted octanol–water partition coefficient (Wildman–Crippen LogP) is 2.30. The van der Waals surface area contributed by atoms with Gasteiger partial charge in [-0.1, -0.05) is 18.5 Å². The number of aromatic nitrogens is 2. The van der Waals surface area contributed by atoms with Gasteiger partial charge in [0.05, 0.1) is 16.4 Å². The van der Waals surface area contributed by atoms with Gasteiger partial charge in [0.1, 0.15) is 0 Å². The van der Waals surface area contributed by atoms with Gasteiger partial charge in [-0.25, -0.2) is 0 Å². The predicted molar refractivity (Wildman–Crippen MR) is 79.6 cm³/mol. The fraction of sp³-hybridized carbons (Fsp3) is 0.786. The number of nitrogens with zero attached hydrogens (tertiary/aromatic N) is 3. The molecule has 1 aliphatic heterocycles. The minimum atomic E-state index is 0.609. The Hall–Kier alpha value is -0.580. The zero-order valence-electron chi connectivity index (χ0n) is 12.2. The fourth-order valence-corrected chi connectivity index (χ4v) is 2.98. The van der Waals surface area contributed by atoms with E-state index in [2.05, 4.69) is 36.2 Å². The number of likely N-dealkylation sites (tertiary alicyclic amines) is 1. The molecule has 0 radical (unpaired) electrons. The summed E-state index contributed by atoms with van der Waals surface area (Å²) < 4.78 is 2.03. The molecule has 0 aliphatic carbocycles. The largest absolute Gasteiger partial charge is 0.308 e. The molecule has 1 N–H and O–H groups in total. The van der Waals surface area contributed by atoms with Gasteiger partial charge in [-0.15, -0.1) is 0 Å². The van der Waals surface area contributed by atoms with Crippen molar-refractivity contribution in [2.24, 2.45) is 0 Å². The fourth-order valence-electron chi connectivity index (χ4n) is 2.64. The van der Waals surface area contributed by atoms with E-state index in [1.807, 2.05) is 4.68 Å². The van der Waals surface area contributed by atoms with Crippen molar-refractivity contribution in [3.05, 3.63) is 16.4 Å². The molecule has 0 amide bonds. The van der Waals surface area contributed by atoms with Crippen LogP contribution in [0.2, 0.25) is 5.02 Å². The summed E-state index contributed by atoms with van der Waals surface area (Å²) in [6.07, 6.45) is 3.33. The molecular formula is C14H25ClN4. The zero-order chi connectivity index (χ0) is 13.8. The Balaban J connectivity index is 1.97. The highest BCUT2D eigenvalue weighted by Gasteiger charge is 2.19. The van der Waals surface area contributed by atoms with Gasteiger partial charge >= 0.3 is 0 Å². The molecule has 4 nitrogen and oxygen atoms in total. The molecule has 2 heterocycles. The molecule has 0 unspecified atom stereocenters. The third kappa shape index (κ3) is 3.50. The Bertz CT molecular complexity index is 408. The van der Waals surface area contributed by atoms with Gasteiger partial charge in [0.15, 0.2) is 0 Å². The normalized spacial score (nSPS) is 18.1. The molecule has 2 rings (SSSR count). The Morgan fingerprint density at radius 3 is 2.58 bits per heavy atom. The number of nitrogens with one attached hydrogen (secondary N) is 1. The van der Waals surface area contributed by atoms with Crippen molar-refractivity contribution in [1.82, 2.24) is 20.0 Å². The highest BCUT2D eigenvalue weighted by Crippen LogP contribution is 2.22. The Kier molecular flexibility index (Phi) is 5.25. The van der Waals surface area contributed by atoms with Crippen LogP contribution >= 0.6 is 11.6 Å². The SMILES string of the molecule is CCc1nn(CC)c(CNC2CCN(C)CC2)c1Cl. The molecule has 19 heavy (non-hydrogen) atoms. The Labute approximate surface area is 121 Å². The summed E-state index contributed by atoms with van der Waals surface area (Å²) in [7, 11) is 2.19. The van der Waals surface area contributed by atoms with E-state index in [0.717, 1.165) is 35.9 Å². The lowest BCUT2D eigenvalue weighted by atomic mass is 10.1. The van der Waals surface area contributed by atoms with Crippen LogP contribution in [-0.2, 0) is 19.5 Å². The Morgan fingerprint density at radius 2 is 2.00 bits per heavy atom. The van der Waals surface area contributed by atoms with E-state index in [1.165, 1.54) is 25.9 Å². The summed E-state index contributed by atoms with van der Waals surface area (Å²) in [4.78, 5) is 2.39. The number of halogens is 1. The van der Waals surface area contributed by atoms with Crippen LogP contribution in [0.4, 0.5) is 0 Å². The van der Waals surface area contributed by atoms with Crippen LogP contribution in [0.1, 0.15) is 38.1 Å². The van der Waals surface area contributed by atoms with Crippen molar-refractivity contribution < 1.29 is 0 Å². The first-order valence-corrected chi connectivity index (χ1v) is 7.69. The molecule has 1 fully saturated rings. The lowest BCUT2D eigenvalue weighted by molar-refractivity contribution is 0.233. The zero-order valence-corrected chi connectivity index (χ0v) is 13.0. The van der Waals surface area contributed by atoms with E-state index in [0.29, 0.717) is 6.04 Å². The molecular weight excluding hydrogens is 260 g/mol. The van der Waals surface area contributed by atoms with Crippen LogP contribution in [0, 0.1) is 0 Å². The average Bonchev–Trinajstić information content (AvgIpc) is 2.74. The van der Waals surface area contributed by atoms with Crippen molar-refractivity contribution in [2.45, 2.75) is 52.2 Å². The molecule has 5 heteroatoms. The summed E-state index contributed by atoms with van der Waals surface area (Å²) in [6.45, 7) is 8.28. The molecule has 0 saturated carbocycles. The van der Waals surface area contributed by atoms with Crippen molar-refractivity contribution in [3.8, 4) is 0 Å². The molecule has 1 aliphatic rings. The topological polar surface area (TPSA) is 33.1 Å². The molecule has 1 aromatic rings. The number of aryl methyl sites for hydroxylation is 2. The van der Waals surface area contributed by atoms with Crippen molar-refractivity contribution in [2.75, 3.05) is 20.1 Å². The monoisotopic (exact) mass is 284 g/mol. The Morgan fingerprint density at radius 1 is 1.32 bits per heavy atom. The maximum Gasteiger partial charge on any atom is 0.0863 e. The molecule has 108 valence electrons. The third-order valence-corrected chi connectivity index (χ3v) is 4.41. The maximum atomic E-state index is 6.42. The second kappa shape index (κ2) is 6.73.